The molecule has 15 rings (SSSR count). The summed E-state index contributed by atoms with van der Waals surface area (Å²) in [4.78, 5) is 46.8. The molecule has 6 heterocycles. The molecule has 0 spiro atoms. The van der Waals surface area contributed by atoms with Crippen LogP contribution in [-0.2, 0) is 27.4 Å². The van der Waals surface area contributed by atoms with Gasteiger partial charge < -0.3 is 38.2 Å². The highest BCUT2D eigenvalue weighted by molar-refractivity contribution is 7.22. The smallest absolute Gasteiger partial charge is 0.338 e. The number of rotatable bonds is 15. The SMILES string of the molecule is CC.CC.CC.COC(=O)c1cc(F)c2nc(N3C[C@@H]4C[C@H]3C[C@H]4OCc3c(-c4ccccc4)noc3C3CC3)sc2c1.O=C(O)c1cc(F)c2nc(N3C[C@@H]4C[C@H]3C[C@H]4OCc3c(-c4ccccc4)noc3C3CC3)sc2c1.O=Cc1ccccc1. The molecule has 9 aromatic rings. The molecule has 5 aromatic carbocycles. The average molecular weight is 1220 g/mol. The van der Waals surface area contributed by atoms with Gasteiger partial charge in [0.2, 0.25) is 0 Å². The Morgan fingerprint density at radius 3 is 1.39 bits per heavy atom. The van der Waals surface area contributed by atoms with E-state index in [1.807, 2.05) is 108 Å². The minimum Gasteiger partial charge on any atom is -0.478 e. The Kier molecular flexibility index (Phi) is 20.4. The van der Waals surface area contributed by atoms with E-state index >= 15 is 0 Å². The number of nitrogens with zero attached hydrogens (tertiary/aromatic N) is 6. The van der Waals surface area contributed by atoms with Gasteiger partial charge in [0.05, 0.1) is 53.1 Å². The number of aldehydes is 1. The maximum absolute atomic E-state index is 14.7. The van der Waals surface area contributed by atoms with E-state index in [0.29, 0.717) is 57.8 Å². The van der Waals surface area contributed by atoms with Gasteiger partial charge in [0.25, 0.3) is 0 Å². The number of ether oxygens (including phenoxy) is 3. The monoisotopic (exact) mass is 1220 g/mol. The number of aromatic nitrogens is 4. The maximum Gasteiger partial charge on any atom is 0.338 e. The van der Waals surface area contributed by atoms with Crippen LogP contribution in [0.15, 0.2) is 124 Å². The number of fused-ring (bicyclic) bond motifs is 6. The first-order chi connectivity index (χ1) is 42.6. The number of esters is 1. The van der Waals surface area contributed by atoms with Gasteiger partial charge in [-0.1, -0.05) is 166 Å². The Morgan fingerprint density at radius 2 is 1.02 bits per heavy atom. The Bertz CT molecular complexity index is 3770. The van der Waals surface area contributed by atoms with E-state index in [1.165, 1.54) is 41.9 Å². The topological polar surface area (TPSA) is 183 Å². The molecule has 2 aliphatic heterocycles. The summed E-state index contributed by atoms with van der Waals surface area (Å²) < 4.78 is 59.7. The molecule has 1 N–H and O–H groups in total. The summed E-state index contributed by atoms with van der Waals surface area (Å²) in [5.41, 5.74) is 7.42. The van der Waals surface area contributed by atoms with Crippen molar-refractivity contribution in [2.24, 2.45) is 11.8 Å². The van der Waals surface area contributed by atoms with E-state index in [9.17, 15) is 28.3 Å². The lowest BCUT2D eigenvalue weighted by Gasteiger charge is -2.31. The van der Waals surface area contributed by atoms with Crippen molar-refractivity contribution in [2.75, 3.05) is 30.0 Å². The molecule has 15 nitrogen and oxygen atoms in total. The number of anilines is 2. The van der Waals surface area contributed by atoms with Gasteiger partial charge in [-0.3, -0.25) is 4.79 Å². The number of methoxy groups -OCH3 is 1. The van der Waals surface area contributed by atoms with Crippen molar-refractivity contribution < 1.29 is 51.5 Å². The van der Waals surface area contributed by atoms with E-state index in [0.717, 1.165) is 138 Å². The van der Waals surface area contributed by atoms with Crippen LogP contribution in [0.2, 0.25) is 0 Å². The molecular weight excluding hydrogens is 1150 g/mol. The highest BCUT2D eigenvalue weighted by atomic mass is 32.1. The largest absolute Gasteiger partial charge is 0.478 e. The molecular formula is C68H74F2N6O9S2. The normalized spacial score (nSPS) is 20.2. The fourth-order valence-corrected chi connectivity index (χ4v) is 14.3. The zero-order valence-corrected chi connectivity index (χ0v) is 51.8. The van der Waals surface area contributed by atoms with Crippen molar-refractivity contribution in [2.45, 2.75) is 142 Å². The number of hydrogen-bond acceptors (Lipinski definition) is 16. The van der Waals surface area contributed by atoms with Crippen LogP contribution in [0.3, 0.4) is 0 Å². The summed E-state index contributed by atoms with van der Waals surface area (Å²) in [5, 5.41) is 19.6. The van der Waals surface area contributed by atoms with E-state index in [4.69, 9.17) is 23.3 Å². The second-order valence-corrected chi connectivity index (χ2v) is 23.7. The van der Waals surface area contributed by atoms with Crippen molar-refractivity contribution in [1.82, 2.24) is 20.3 Å². The van der Waals surface area contributed by atoms with Crippen LogP contribution in [0.4, 0.5) is 19.0 Å². The number of carboxylic acid groups (broad SMARTS) is 1. The van der Waals surface area contributed by atoms with Gasteiger partial charge >= 0.3 is 11.9 Å². The fraction of sp³-hybridized carbons (Fsp3) is 0.397. The Hall–Kier alpha value is -7.71. The van der Waals surface area contributed by atoms with Crippen LogP contribution >= 0.6 is 22.7 Å². The number of carboxylic acids is 1. The molecule has 87 heavy (non-hydrogen) atoms. The second-order valence-electron chi connectivity index (χ2n) is 21.7. The Balaban J connectivity index is 0.000000159. The minimum absolute atomic E-state index is 0.0548. The molecule has 456 valence electrons. The predicted molar refractivity (Wildman–Crippen MR) is 336 cm³/mol. The number of piperidine rings is 2. The Labute approximate surface area is 513 Å². The lowest BCUT2D eigenvalue weighted by Crippen LogP contribution is -2.38. The molecule has 0 radical (unpaired) electrons. The number of hydrogen-bond donors (Lipinski definition) is 1. The number of aromatic carboxylic acids is 1. The summed E-state index contributed by atoms with van der Waals surface area (Å²) in [7, 11) is 1.29. The number of carbonyl (C=O) groups is 3. The molecule has 6 atom stereocenters. The highest BCUT2D eigenvalue weighted by Gasteiger charge is 2.48. The highest BCUT2D eigenvalue weighted by Crippen LogP contribution is 2.49. The zero-order chi connectivity index (χ0) is 61.3. The van der Waals surface area contributed by atoms with Gasteiger partial charge in [0.1, 0.15) is 40.2 Å². The molecule has 19 heteroatoms. The lowest BCUT2D eigenvalue weighted by atomic mass is 10.0. The third-order valence-electron chi connectivity index (χ3n) is 16.4. The second kappa shape index (κ2) is 28.4. The molecule has 4 aromatic heterocycles. The van der Waals surface area contributed by atoms with E-state index in [2.05, 4.69) is 42.2 Å². The van der Waals surface area contributed by atoms with Gasteiger partial charge in [-0.2, -0.15) is 0 Å². The van der Waals surface area contributed by atoms with Crippen LogP contribution in [0.25, 0.3) is 42.9 Å². The van der Waals surface area contributed by atoms with Crippen molar-refractivity contribution in [3.63, 3.8) is 0 Å². The molecule has 6 aliphatic rings. The van der Waals surface area contributed by atoms with Crippen molar-refractivity contribution >= 4 is 71.6 Å². The van der Waals surface area contributed by atoms with Gasteiger partial charge in [0.15, 0.2) is 21.9 Å². The summed E-state index contributed by atoms with van der Waals surface area (Å²) in [6.45, 7) is 14.6. The molecule has 2 saturated heterocycles. The van der Waals surface area contributed by atoms with Gasteiger partial charge in [-0.05, 0) is 75.6 Å². The number of halogens is 2. The first-order valence-electron chi connectivity index (χ1n) is 30.4. The number of benzene rings is 5. The van der Waals surface area contributed by atoms with Crippen molar-refractivity contribution in [3.05, 3.63) is 166 Å². The van der Waals surface area contributed by atoms with Crippen LogP contribution in [-0.4, -0.2) is 88.1 Å². The molecule has 0 unspecified atom stereocenters. The van der Waals surface area contributed by atoms with Crippen LogP contribution in [0.1, 0.15) is 158 Å². The predicted octanol–water partition coefficient (Wildman–Crippen LogP) is 16.4. The van der Waals surface area contributed by atoms with Gasteiger partial charge in [0, 0.05) is 76.7 Å². The molecule has 4 bridgehead atoms. The van der Waals surface area contributed by atoms with Crippen molar-refractivity contribution in [3.8, 4) is 22.5 Å². The van der Waals surface area contributed by atoms with Crippen LogP contribution < -0.4 is 9.80 Å². The average Bonchev–Trinajstić information content (AvgIpc) is 2.23. The molecule has 6 fully saturated rings. The van der Waals surface area contributed by atoms with E-state index < -0.39 is 23.6 Å². The van der Waals surface area contributed by atoms with Crippen LogP contribution in [0, 0.1) is 23.5 Å². The first kappa shape index (κ1) is 62.3. The van der Waals surface area contributed by atoms with E-state index in [-0.39, 0.29) is 34.9 Å². The molecule has 4 aliphatic carbocycles. The maximum atomic E-state index is 14.7. The van der Waals surface area contributed by atoms with E-state index in [1.54, 1.807) is 18.2 Å². The minimum atomic E-state index is -1.14. The van der Waals surface area contributed by atoms with Crippen molar-refractivity contribution in [1.29, 1.82) is 0 Å². The standard InChI is InChI=1S/C28H26FN3O4S.C27H24FN3O4S.C7H6O.3C2H6/c1-34-27(33)17-10-21(29)25-23(11-17)37-28(30-25)32-13-18-9-19(32)12-22(18)35-14-20-24(15-5-3-2-4-6-15)31-36-26(20)16-7-8-16;28-20-9-16(26(32)33)10-22-24(20)29-27(36-22)31-12-17-8-18(31)11-21(17)34-13-19-23(14-4-2-1-3-5-14)30-35-25(19)15-6-7-15;8-6-7-4-2-1-3-5-7;3*1-2/h2-6,10-11,16,18-19,22H,7-9,12-14H2,1H3;1-5,9-10,15,17-18,21H,6-8,11-13H2,(H,32,33);1-6H;3*1-2H3/t18-,19-,22+;17-,18-,21+;;;;/m00..../s1. The Morgan fingerprint density at radius 1 is 0.609 bits per heavy atom. The third kappa shape index (κ3) is 13.7. The summed E-state index contributed by atoms with van der Waals surface area (Å²) in [6, 6.07) is 35.3. The lowest BCUT2D eigenvalue weighted by molar-refractivity contribution is 0.0122. The quantitative estimate of drug-likeness (QED) is 0.0755. The first-order valence-corrected chi connectivity index (χ1v) is 32.1. The number of thiazole rings is 2. The molecule has 4 saturated carbocycles. The molecule has 0 amide bonds. The summed E-state index contributed by atoms with van der Waals surface area (Å²) in [6.07, 6.45) is 9.51. The fourth-order valence-electron chi connectivity index (χ4n) is 12.1. The number of carbonyl (C=O) groups excluding carboxylic acids is 2. The summed E-state index contributed by atoms with van der Waals surface area (Å²) >= 11 is 2.77. The van der Waals surface area contributed by atoms with Gasteiger partial charge in [-0.25, -0.2) is 28.3 Å². The zero-order valence-electron chi connectivity index (χ0n) is 50.1. The van der Waals surface area contributed by atoms with Gasteiger partial charge in [-0.15, -0.1) is 0 Å². The van der Waals surface area contributed by atoms with Crippen LogP contribution in [0.5, 0.6) is 0 Å². The summed E-state index contributed by atoms with van der Waals surface area (Å²) in [5.74, 6) is 0.823. The third-order valence-corrected chi connectivity index (χ3v) is 18.5.